The molecule has 2 amide bonds. The van der Waals surface area contributed by atoms with Gasteiger partial charge in [0, 0.05) is 68.6 Å². The molecule has 3 aliphatic heterocycles. The molecule has 2 aromatic heterocycles. The number of piperidine rings is 2. The number of imidazole rings is 1. The number of aryl methyl sites for hydroxylation is 2. The van der Waals surface area contributed by atoms with E-state index in [0.717, 1.165) is 74.4 Å². The Bertz CT molecular complexity index is 2110. The second kappa shape index (κ2) is 12.3. The minimum atomic E-state index is 0.0413. The first-order valence-corrected chi connectivity index (χ1v) is 18.4. The molecule has 5 fully saturated rings. The second-order valence-electron chi connectivity index (χ2n) is 15.2. The number of nitrogens with zero attached hydrogens (tertiary/aromatic N) is 5. The zero-order chi connectivity index (χ0) is 34.1. The van der Waals surface area contributed by atoms with E-state index in [2.05, 4.69) is 45.5 Å². The average Bonchev–Trinajstić information content (AvgIpc) is 3.78. The quantitative estimate of drug-likeness (QED) is 0.204. The molecule has 2 bridgehead atoms. The number of carbonyl (C=O) groups excluding carboxylic acids is 2. The van der Waals surface area contributed by atoms with Crippen molar-refractivity contribution in [2.75, 3.05) is 26.7 Å². The summed E-state index contributed by atoms with van der Waals surface area (Å²) in [6, 6.07) is 23.4. The first-order valence-electron chi connectivity index (χ1n) is 18.4. The molecule has 10 rings (SSSR count). The molecule has 3 atom stereocenters. The molecule has 258 valence electrons. The van der Waals surface area contributed by atoms with Crippen molar-refractivity contribution in [2.45, 2.75) is 69.5 Å². The molecule has 0 radical (unpaired) electrons. The van der Waals surface area contributed by atoms with Gasteiger partial charge in [-0.1, -0.05) is 48.5 Å². The second-order valence-corrected chi connectivity index (χ2v) is 15.2. The van der Waals surface area contributed by atoms with Gasteiger partial charge in [-0.3, -0.25) is 9.59 Å². The molecule has 3 saturated heterocycles. The fourth-order valence-electron chi connectivity index (χ4n) is 8.94. The molecule has 2 aliphatic carbocycles. The number of fused-ring (bicyclic) bond motifs is 5. The van der Waals surface area contributed by atoms with Crippen LogP contribution >= 0.6 is 0 Å². The molecule has 0 unspecified atom stereocenters. The van der Waals surface area contributed by atoms with Crippen molar-refractivity contribution >= 4 is 33.8 Å². The van der Waals surface area contributed by atoms with Crippen molar-refractivity contribution in [1.82, 2.24) is 23.9 Å². The van der Waals surface area contributed by atoms with Crippen molar-refractivity contribution in [3.8, 4) is 17.3 Å². The highest BCUT2D eigenvalue weighted by Gasteiger charge is 2.41. The van der Waals surface area contributed by atoms with E-state index >= 15 is 0 Å². The topological polar surface area (TPSA) is 98.6 Å². The number of likely N-dealkylation sites (tertiary alicyclic amines) is 1. The smallest absolute Gasteiger partial charge is 0.254 e. The summed E-state index contributed by atoms with van der Waals surface area (Å²) in [5.74, 6) is 3.11. The lowest BCUT2D eigenvalue weighted by Crippen LogP contribution is -2.58. The summed E-state index contributed by atoms with van der Waals surface area (Å²) < 4.78 is 10.5. The number of aromatic nitrogens is 3. The summed E-state index contributed by atoms with van der Waals surface area (Å²) in [7, 11) is 3.72. The Kier molecular flexibility index (Phi) is 7.71. The number of ether oxygens (including phenoxy) is 1. The predicted octanol–water partition coefficient (Wildman–Crippen LogP) is 6.12. The zero-order valence-electron chi connectivity index (χ0n) is 29.1. The van der Waals surface area contributed by atoms with E-state index < -0.39 is 0 Å². The van der Waals surface area contributed by atoms with Crippen molar-refractivity contribution in [2.24, 2.45) is 24.6 Å². The van der Waals surface area contributed by atoms with Crippen molar-refractivity contribution in [3.05, 3.63) is 83.4 Å². The van der Waals surface area contributed by atoms with Gasteiger partial charge >= 0.3 is 0 Å². The van der Waals surface area contributed by atoms with E-state index in [0.29, 0.717) is 35.5 Å². The van der Waals surface area contributed by atoms with Gasteiger partial charge in [0.25, 0.3) is 5.91 Å². The largest absolute Gasteiger partial charge is 0.494 e. The lowest BCUT2D eigenvalue weighted by Gasteiger charge is -2.48. The van der Waals surface area contributed by atoms with Crippen LogP contribution in [-0.2, 0) is 24.8 Å². The standard InChI is InChI=1S/C41H46N6O3/c1-44-39-34(17-29(19-36(39)50-2)41(49)46-24-28-14-15-31(46)20-33(28)42)43-40(44)35-18-27-9-6-10-32(38(27)47(35)21-26-11-12-26)30-22-45(23-30)37(48)16-13-25-7-4-3-5-8-25/h3-10,17-19,26,28,30-31,33H,11-16,20-24,42H2,1-2H3/t28-,31-,33+/m1/s1. The van der Waals surface area contributed by atoms with Crippen molar-refractivity contribution in [1.29, 1.82) is 0 Å². The maximum atomic E-state index is 13.9. The van der Waals surface area contributed by atoms with Gasteiger partial charge < -0.3 is 29.4 Å². The Morgan fingerprint density at radius 2 is 1.76 bits per heavy atom. The van der Waals surface area contributed by atoms with Crippen LogP contribution in [0.1, 0.15) is 65.9 Å². The molecule has 5 heterocycles. The minimum Gasteiger partial charge on any atom is -0.494 e. The third kappa shape index (κ3) is 5.37. The molecule has 3 aromatic carbocycles. The van der Waals surface area contributed by atoms with Crippen molar-refractivity contribution in [3.63, 3.8) is 0 Å². The Morgan fingerprint density at radius 3 is 2.48 bits per heavy atom. The lowest BCUT2D eigenvalue weighted by atomic mass is 9.76. The van der Waals surface area contributed by atoms with Crippen LogP contribution in [0.4, 0.5) is 0 Å². The summed E-state index contributed by atoms with van der Waals surface area (Å²) in [5, 5.41) is 1.19. The van der Waals surface area contributed by atoms with Gasteiger partial charge in [-0.05, 0) is 79.7 Å². The van der Waals surface area contributed by atoms with Gasteiger partial charge in [-0.25, -0.2) is 4.98 Å². The monoisotopic (exact) mass is 670 g/mol. The van der Waals surface area contributed by atoms with E-state index in [4.69, 9.17) is 15.5 Å². The van der Waals surface area contributed by atoms with Crippen LogP contribution in [0.5, 0.6) is 5.75 Å². The molecule has 2 saturated carbocycles. The first kappa shape index (κ1) is 31.4. The predicted molar refractivity (Wildman–Crippen MR) is 195 cm³/mol. The van der Waals surface area contributed by atoms with Gasteiger partial charge in [0.05, 0.1) is 23.8 Å². The normalized spacial score (nSPS) is 22.0. The number of methoxy groups -OCH3 is 1. The highest BCUT2D eigenvalue weighted by atomic mass is 16.5. The summed E-state index contributed by atoms with van der Waals surface area (Å²) in [5.41, 5.74) is 13.5. The number of amides is 2. The van der Waals surface area contributed by atoms with Crippen LogP contribution in [-0.4, -0.2) is 74.6 Å². The van der Waals surface area contributed by atoms with Gasteiger partial charge in [0.2, 0.25) is 5.91 Å². The van der Waals surface area contributed by atoms with Crippen molar-refractivity contribution < 1.29 is 14.3 Å². The Balaban J connectivity index is 1.04. The van der Waals surface area contributed by atoms with Crippen LogP contribution in [0.15, 0.2) is 66.7 Å². The molecule has 50 heavy (non-hydrogen) atoms. The maximum absolute atomic E-state index is 13.9. The van der Waals surface area contributed by atoms with E-state index in [1.807, 2.05) is 47.2 Å². The Hall–Kier alpha value is -4.63. The molecular weight excluding hydrogens is 624 g/mol. The number of benzene rings is 3. The van der Waals surface area contributed by atoms with Crippen LogP contribution < -0.4 is 10.5 Å². The molecule has 9 heteroatoms. The number of nitrogens with two attached hydrogens (primary N) is 1. The zero-order valence-corrected chi connectivity index (χ0v) is 29.1. The lowest BCUT2D eigenvalue weighted by molar-refractivity contribution is -0.135. The highest BCUT2D eigenvalue weighted by molar-refractivity contribution is 6.00. The molecular formula is C41H46N6O3. The fraction of sp³-hybridized carbons (Fsp3) is 0.439. The number of carbonyl (C=O) groups is 2. The van der Waals surface area contributed by atoms with E-state index in [-0.39, 0.29) is 23.9 Å². The Morgan fingerprint density at radius 1 is 0.940 bits per heavy atom. The summed E-state index contributed by atoms with van der Waals surface area (Å²) in [4.78, 5) is 36.3. The van der Waals surface area contributed by atoms with Crippen LogP contribution in [0.2, 0.25) is 0 Å². The fourth-order valence-corrected chi connectivity index (χ4v) is 8.94. The molecule has 0 spiro atoms. The average molecular weight is 671 g/mol. The van der Waals surface area contributed by atoms with E-state index in [9.17, 15) is 9.59 Å². The van der Waals surface area contributed by atoms with Crippen LogP contribution in [0, 0.1) is 11.8 Å². The number of hydrogen-bond donors (Lipinski definition) is 1. The van der Waals surface area contributed by atoms with Gasteiger partial charge in [-0.2, -0.15) is 0 Å². The summed E-state index contributed by atoms with van der Waals surface area (Å²) in [6.45, 7) is 3.16. The molecule has 2 N–H and O–H groups in total. The molecule has 5 aromatic rings. The summed E-state index contributed by atoms with van der Waals surface area (Å²) >= 11 is 0. The summed E-state index contributed by atoms with van der Waals surface area (Å²) in [6.07, 6.45) is 6.79. The first-order chi connectivity index (χ1) is 24.4. The third-order valence-electron chi connectivity index (χ3n) is 12.0. The maximum Gasteiger partial charge on any atom is 0.254 e. The van der Waals surface area contributed by atoms with Gasteiger partial charge in [-0.15, -0.1) is 0 Å². The van der Waals surface area contributed by atoms with Crippen LogP contribution in [0.3, 0.4) is 0 Å². The molecule has 5 aliphatic rings. The molecule has 9 nitrogen and oxygen atoms in total. The third-order valence-corrected chi connectivity index (χ3v) is 12.0. The number of rotatable bonds is 9. The minimum absolute atomic E-state index is 0.0413. The van der Waals surface area contributed by atoms with Crippen LogP contribution in [0.25, 0.3) is 33.5 Å². The van der Waals surface area contributed by atoms with E-state index in [1.54, 1.807) is 7.11 Å². The number of hydrogen-bond acceptors (Lipinski definition) is 5. The Labute approximate surface area is 293 Å². The SMILES string of the molecule is COc1cc(C(=O)N2C[C@H]3CC[C@@H]2C[C@@H]3N)cc2nc(-c3cc4cccc(C5CN(C(=O)CCc6ccccc6)C5)c4n3CC3CC3)n(C)c12. The van der Waals surface area contributed by atoms with Gasteiger partial charge in [0.15, 0.2) is 5.82 Å². The van der Waals surface area contributed by atoms with Gasteiger partial charge in [0.1, 0.15) is 11.3 Å². The number of para-hydroxylation sites is 1. The van der Waals surface area contributed by atoms with E-state index in [1.165, 1.54) is 34.9 Å². The highest BCUT2D eigenvalue weighted by Crippen LogP contribution is 2.42.